The number of nitrogens with one attached hydrogen (secondary N) is 2. The summed E-state index contributed by atoms with van der Waals surface area (Å²) in [5, 5.41) is 5.21. The molecular formula is C24H23FN2O4S. The van der Waals surface area contributed by atoms with E-state index < -0.39 is 0 Å². The molecule has 0 radical (unpaired) electrons. The SMILES string of the molecule is COc1cccc(OC)c1C(=O)Nc1ccc(SC(C)C(=O)Nc2ccc(F)cc2)cc1. The largest absolute Gasteiger partial charge is 0.496 e. The van der Waals surface area contributed by atoms with Gasteiger partial charge in [-0.3, -0.25) is 9.59 Å². The lowest BCUT2D eigenvalue weighted by Gasteiger charge is -2.14. The molecule has 3 aromatic carbocycles. The smallest absolute Gasteiger partial charge is 0.263 e. The van der Waals surface area contributed by atoms with Crippen molar-refractivity contribution in [2.24, 2.45) is 0 Å². The number of anilines is 2. The van der Waals surface area contributed by atoms with E-state index >= 15 is 0 Å². The van der Waals surface area contributed by atoms with Gasteiger partial charge in [-0.25, -0.2) is 4.39 Å². The van der Waals surface area contributed by atoms with Crippen LogP contribution in [0.25, 0.3) is 0 Å². The fraction of sp³-hybridized carbons (Fsp3) is 0.167. The second kappa shape index (κ2) is 10.7. The Balaban J connectivity index is 1.62. The monoisotopic (exact) mass is 454 g/mol. The van der Waals surface area contributed by atoms with Gasteiger partial charge in [0.05, 0.1) is 19.5 Å². The van der Waals surface area contributed by atoms with Crippen molar-refractivity contribution in [1.82, 2.24) is 0 Å². The van der Waals surface area contributed by atoms with Crippen LogP contribution in [0.3, 0.4) is 0 Å². The Labute approximate surface area is 190 Å². The number of methoxy groups -OCH3 is 2. The van der Waals surface area contributed by atoms with E-state index in [4.69, 9.17) is 9.47 Å². The summed E-state index contributed by atoms with van der Waals surface area (Å²) in [4.78, 5) is 26.0. The summed E-state index contributed by atoms with van der Waals surface area (Å²) in [5.41, 5.74) is 1.44. The number of halogens is 1. The number of hydrogen-bond acceptors (Lipinski definition) is 5. The molecule has 0 fully saturated rings. The summed E-state index contributed by atoms with van der Waals surface area (Å²) in [5.74, 6) is -0.0826. The maximum Gasteiger partial charge on any atom is 0.263 e. The van der Waals surface area contributed by atoms with Gasteiger partial charge >= 0.3 is 0 Å². The van der Waals surface area contributed by atoms with Crippen LogP contribution in [0.2, 0.25) is 0 Å². The zero-order chi connectivity index (χ0) is 23.1. The Bertz CT molecular complexity index is 1070. The molecule has 166 valence electrons. The summed E-state index contributed by atoms with van der Waals surface area (Å²) in [6, 6.07) is 17.9. The third-order valence-corrected chi connectivity index (χ3v) is 5.67. The molecule has 3 rings (SSSR count). The molecule has 6 nitrogen and oxygen atoms in total. The molecule has 0 aliphatic carbocycles. The van der Waals surface area contributed by atoms with Gasteiger partial charge in [0.2, 0.25) is 5.91 Å². The molecule has 2 N–H and O–H groups in total. The second-order valence-electron chi connectivity index (χ2n) is 6.77. The first-order valence-electron chi connectivity index (χ1n) is 9.76. The predicted molar refractivity (Wildman–Crippen MR) is 124 cm³/mol. The Kier molecular flexibility index (Phi) is 7.72. The molecular weight excluding hydrogens is 431 g/mol. The average Bonchev–Trinajstić information content (AvgIpc) is 2.81. The summed E-state index contributed by atoms with van der Waals surface area (Å²) in [6.45, 7) is 1.78. The number of carbonyl (C=O) groups is 2. The molecule has 0 aliphatic heterocycles. The molecule has 0 heterocycles. The number of carbonyl (C=O) groups excluding carboxylic acids is 2. The number of thioether (sulfide) groups is 1. The van der Waals surface area contributed by atoms with E-state index in [2.05, 4.69) is 10.6 Å². The first-order valence-corrected chi connectivity index (χ1v) is 10.6. The van der Waals surface area contributed by atoms with E-state index in [0.717, 1.165) is 4.90 Å². The average molecular weight is 455 g/mol. The highest BCUT2D eigenvalue weighted by Gasteiger charge is 2.19. The molecule has 1 unspecified atom stereocenters. The molecule has 0 spiro atoms. The Hall–Kier alpha value is -3.52. The fourth-order valence-electron chi connectivity index (χ4n) is 2.92. The van der Waals surface area contributed by atoms with E-state index in [0.29, 0.717) is 28.4 Å². The summed E-state index contributed by atoms with van der Waals surface area (Å²) in [6.07, 6.45) is 0. The van der Waals surface area contributed by atoms with Gasteiger partial charge in [-0.15, -0.1) is 11.8 Å². The molecule has 0 bridgehead atoms. The van der Waals surface area contributed by atoms with Crippen molar-refractivity contribution in [3.63, 3.8) is 0 Å². The molecule has 0 saturated carbocycles. The molecule has 0 saturated heterocycles. The molecule has 0 aliphatic rings. The lowest BCUT2D eigenvalue weighted by atomic mass is 10.1. The lowest BCUT2D eigenvalue weighted by Crippen LogP contribution is -2.22. The van der Waals surface area contributed by atoms with Crippen LogP contribution in [0.15, 0.2) is 71.6 Å². The van der Waals surface area contributed by atoms with Crippen LogP contribution in [-0.4, -0.2) is 31.3 Å². The van der Waals surface area contributed by atoms with Gasteiger partial charge in [-0.2, -0.15) is 0 Å². The highest BCUT2D eigenvalue weighted by Crippen LogP contribution is 2.30. The quantitative estimate of drug-likeness (QED) is 0.457. The topological polar surface area (TPSA) is 76.7 Å². The van der Waals surface area contributed by atoms with Gasteiger partial charge in [0.15, 0.2) is 0 Å². The first-order chi connectivity index (χ1) is 15.4. The van der Waals surface area contributed by atoms with Gasteiger partial charge in [0.25, 0.3) is 5.91 Å². The van der Waals surface area contributed by atoms with E-state index in [-0.39, 0.29) is 22.9 Å². The van der Waals surface area contributed by atoms with Gasteiger partial charge in [0.1, 0.15) is 22.9 Å². The number of amides is 2. The van der Waals surface area contributed by atoms with E-state index in [9.17, 15) is 14.0 Å². The highest BCUT2D eigenvalue weighted by atomic mass is 32.2. The molecule has 2 amide bonds. The predicted octanol–water partition coefficient (Wildman–Crippen LogP) is 5.21. The molecule has 8 heteroatoms. The normalized spacial score (nSPS) is 11.4. The van der Waals surface area contributed by atoms with Crippen molar-refractivity contribution in [1.29, 1.82) is 0 Å². The van der Waals surface area contributed by atoms with Crippen LogP contribution in [0, 0.1) is 5.82 Å². The highest BCUT2D eigenvalue weighted by molar-refractivity contribution is 8.00. The van der Waals surface area contributed by atoms with Crippen molar-refractivity contribution in [3.8, 4) is 11.5 Å². The fourth-order valence-corrected chi connectivity index (χ4v) is 3.79. The molecule has 3 aromatic rings. The summed E-state index contributed by atoms with van der Waals surface area (Å²) >= 11 is 1.37. The van der Waals surface area contributed by atoms with Gasteiger partial charge in [-0.1, -0.05) is 6.07 Å². The second-order valence-corrected chi connectivity index (χ2v) is 8.19. The van der Waals surface area contributed by atoms with Crippen LogP contribution in [0.4, 0.5) is 15.8 Å². The van der Waals surface area contributed by atoms with Crippen molar-refractivity contribution >= 4 is 35.0 Å². The van der Waals surface area contributed by atoms with Crippen molar-refractivity contribution in [3.05, 3.63) is 78.1 Å². The van der Waals surface area contributed by atoms with E-state index in [1.54, 1.807) is 37.3 Å². The lowest BCUT2D eigenvalue weighted by molar-refractivity contribution is -0.115. The van der Waals surface area contributed by atoms with E-state index in [1.165, 1.54) is 50.2 Å². The summed E-state index contributed by atoms with van der Waals surface area (Å²) in [7, 11) is 2.98. The molecule has 1 atom stereocenters. The van der Waals surface area contributed by atoms with Crippen LogP contribution in [0.5, 0.6) is 11.5 Å². The van der Waals surface area contributed by atoms with E-state index in [1.807, 2.05) is 12.1 Å². The van der Waals surface area contributed by atoms with Crippen LogP contribution in [0.1, 0.15) is 17.3 Å². The third-order valence-electron chi connectivity index (χ3n) is 4.56. The zero-order valence-electron chi connectivity index (χ0n) is 17.8. The standard InChI is InChI=1S/C24H23FN2O4S/c1-15(23(28)26-17-9-7-16(25)8-10-17)32-19-13-11-18(12-14-19)27-24(29)22-20(30-2)5-4-6-21(22)31-3/h4-15H,1-3H3,(H,26,28)(H,27,29). The maximum absolute atomic E-state index is 13.0. The number of rotatable bonds is 8. The Morgan fingerprint density at radius 2 is 1.38 bits per heavy atom. The molecule has 32 heavy (non-hydrogen) atoms. The summed E-state index contributed by atoms with van der Waals surface area (Å²) < 4.78 is 23.6. The van der Waals surface area contributed by atoms with Gasteiger partial charge in [-0.05, 0) is 67.6 Å². The Morgan fingerprint density at radius 1 is 0.844 bits per heavy atom. The van der Waals surface area contributed by atoms with Gasteiger partial charge in [0, 0.05) is 16.3 Å². The number of ether oxygens (including phenoxy) is 2. The number of hydrogen-bond donors (Lipinski definition) is 2. The van der Waals surface area contributed by atoms with Gasteiger partial charge < -0.3 is 20.1 Å². The maximum atomic E-state index is 13.0. The van der Waals surface area contributed by atoms with Crippen LogP contribution >= 0.6 is 11.8 Å². The van der Waals surface area contributed by atoms with Crippen molar-refractivity contribution in [2.45, 2.75) is 17.1 Å². The minimum Gasteiger partial charge on any atom is -0.496 e. The van der Waals surface area contributed by atoms with Crippen LogP contribution < -0.4 is 20.1 Å². The van der Waals surface area contributed by atoms with Crippen molar-refractivity contribution < 1.29 is 23.5 Å². The Morgan fingerprint density at radius 3 is 1.94 bits per heavy atom. The third kappa shape index (κ3) is 5.79. The minimum atomic E-state index is -0.377. The molecule has 0 aromatic heterocycles. The zero-order valence-corrected chi connectivity index (χ0v) is 18.7. The number of benzene rings is 3. The van der Waals surface area contributed by atoms with Crippen LogP contribution in [-0.2, 0) is 4.79 Å². The minimum absolute atomic E-state index is 0.192. The van der Waals surface area contributed by atoms with Crippen molar-refractivity contribution in [2.75, 3.05) is 24.9 Å². The first kappa shape index (κ1) is 23.1.